The van der Waals surface area contributed by atoms with Gasteiger partial charge in [-0.15, -0.1) is 5.10 Å². The first-order chi connectivity index (χ1) is 4.86. The normalized spacial score (nSPS) is 10.4. The van der Waals surface area contributed by atoms with Crippen molar-refractivity contribution in [3.8, 4) is 0 Å². The number of hydrogen-bond donors (Lipinski definition) is 1. The molecule has 0 bridgehead atoms. The predicted octanol–water partition coefficient (Wildman–Crippen LogP) is 0.407. The van der Waals surface area contributed by atoms with Crippen molar-refractivity contribution < 1.29 is 4.52 Å². The summed E-state index contributed by atoms with van der Waals surface area (Å²) in [4.78, 5) is 0. The van der Waals surface area contributed by atoms with E-state index in [1.165, 1.54) is 4.69 Å². The average Bonchev–Trinajstić information content (AvgIpc) is 2.33. The Morgan fingerprint density at radius 2 is 2.30 bits per heavy atom. The summed E-state index contributed by atoms with van der Waals surface area (Å²) in [6.45, 7) is 0. The van der Waals surface area contributed by atoms with Crippen LogP contribution in [0.5, 0.6) is 0 Å². The minimum absolute atomic E-state index is 0.108. The largest absolute Gasteiger partial charge is 0.338 e. The SMILES string of the molecule is N=c1ccc2ccnn2o1. The Bertz CT molecular complexity index is 400. The van der Waals surface area contributed by atoms with Crippen LogP contribution in [0.3, 0.4) is 0 Å². The molecule has 0 spiro atoms. The molecule has 0 saturated heterocycles. The third-order valence-electron chi connectivity index (χ3n) is 1.23. The van der Waals surface area contributed by atoms with E-state index in [2.05, 4.69) is 5.10 Å². The summed E-state index contributed by atoms with van der Waals surface area (Å²) < 4.78 is 6.18. The van der Waals surface area contributed by atoms with Crippen LogP contribution in [-0.4, -0.2) is 9.79 Å². The summed E-state index contributed by atoms with van der Waals surface area (Å²) in [5, 5.41) is 10.9. The van der Waals surface area contributed by atoms with E-state index in [1.807, 2.05) is 6.07 Å². The molecule has 0 radical (unpaired) electrons. The van der Waals surface area contributed by atoms with Crippen molar-refractivity contribution in [1.29, 1.82) is 5.41 Å². The lowest BCUT2D eigenvalue weighted by Crippen LogP contribution is -2.00. The van der Waals surface area contributed by atoms with E-state index < -0.39 is 0 Å². The van der Waals surface area contributed by atoms with Gasteiger partial charge < -0.3 is 4.52 Å². The Labute approximate surface area is 56.2 Å². The second kappa shape index (κ2) is 1.70. The van der Waals surface area contributed by atoms with Gasteiger partial charge in [0.05, 0.1) is 6.20 Å². The van der Waals surface area contributed by atoms with Crippen molar-refractivity contribution in [3.05, 3.63) is 29.9 Å². The molecule has 50 valence electrons. The summed E-state index contributed by atoms with van der Waals surface area (Å²) >= 11 is 0. The molecule has 2 rings (SSSR count). The molecule has 4 heteroatoms. The van der Waals surface area contributed by atoms with Crippen LogP contribution in [0, 0.1) is 5.41 Å². The minimum Gasteiger partial charge on any atom is -0.338 e. The standard InChI is InChI=1S/C6H5N3O/c7-6-2-1-5-3-4-8-9(5)10-6/h1-4,7H. The first-order valence-corrected chi connectivity index (χ1v) is 2.85. The summed E-state index contributed by atoms with van der Waals surface area (Å²) in [7, 11) is 0. The van der Waals surface area contributed by atoms with E-state index >= 15 is 0 Å². The molecule has 1 N–H and O–H groups in total. The van der Waals surface area contributed by atoms with Crippen molar-refractivity contribution in [2.75, 3.05) is 0 Å². The van der Waals surface area contributed by atoms with Crippen LogP contribution in [0.2, 0.25) is 0 Å². The van der Waals surface area contributed by atoms with Gasteiger partial charge in [-0.05, 0) is 12.1 Å². The second-order valence-electron chi connectivity index (χ2n) is 1.92. The fraction of sp³-hybridized carbons (Fsp3) is 0. The molecule has 0 aliphatic rings. The highest BCUT2D eigenvalue weighted by atomic mass is 16.5. The predicted molar refractivity (Wildman–Crippen MR) is 33.3 cm³/mol. The van der Waals surface area contributed by atoms with Gasteiger partial charge in [-0.1, -0.05) is 4.69 Å². The van der Waals surface area contributed by atoms with Gasteiger partial charge in [0, 0.05) is 6.07 Å². The lowest BCUT2D eigenvalue weighted by atomic mass is 10.5. The van der Waals surface area contributed by atoms with Crippen LogP contribution in [-0.2, 0) is 0 Å². The number of rotatable bonds is 0. The van der Waals surface area contributed by atoms with Crippen LogP contribution in [0.4, 0.5) is 0 Å². The topological polar surface area (TPSA) is 54.3 Å². The number of nitrogens with one attached hydrogen (secondary N) is 1. The van der Waals surface area contributed by atoms with Gasteiger partial charge in [0.1, 0.15) is 5.52 Å². The molecule has 4 nitrogen and oxygen atoms in total. The second-order valence-corrected chi connectivity index (χ2v) is 1.92. The zero-order chi connectivity index (χ0) is 6.97. The Balaban J connectivity index is 2.99. The van der Waals surface area contributed by atoms with Crippen LogP contribution in [0.25, 0.3) is 5.52 Å². The molecule has 0 aliphatic carbocycles. The lowest BCUT2D eigenvalue weighted by Gasteiger charge is -1.87. The highest BCUT2D eigenvalue weighted by Crippen LogP contribution is 1.95. The zero-order valence-electron chi connectivity index (χ0n) is 5.11. The first-order valence-electron chi connectivity index (χ1n) is 2.85. The van der Waals surface area contributed by atoms with Crippen LogP contribution in [0.15, 0.2) is 28.9 Å². The molecular formula is C6H5N3O. The molecule has 2 heterocycles. The Kier molecular flexibility index (Phi) is 0.887. The van der Waals surface area contributed by atoms with Gasteiger partial charge in [-0.25, -0.2) is 0 Å². The van der Waals surface area contributed by atoms with Gasteiger partial charge >= 0.3 is 0 Å². The van der Waals surface area contributed by atoms with E-state index in [9.17, 15) is 0 Å². The molecule has 0 amide bonds. The van der Waals surface area contributed by atoms with Crippen molar-refractivity contribution in [2.45, 2.75) is 0 Å². The molecule has 0 saturated carbocycles. The fourth-order valence-corrected chi connectivity index (χ4v) is 0.781. The molecule has 2 aromatic rings. The van der Waals surface area contributed by atoms with Crippen molar-refractivity contribution in [2.24, 2.45) is 0 Å². The van der Waals surface area contributed by atoms with E-state index in [0.29, 0.717) is 0 Å². The quantitative estimate of drug-likeness (QED) is 0.568. The molecular weight excluding hydrogens is 130 g/mol. The van der Waals surface area contributed by atoms with Crippen LogP contribution < -0.4 is 5.55 Å². The average molecular weight is 135 g/mol. The van der Waals surface area contributed by atoms with Gasteiger partial charge in [-0.2, -0.15) is 0 Å². The Morgan fingerprint density at radius 1 is 1.40 bits per heavy atom. The maximum Gasteiger partial charge on any atom is 0.241 e. The van der Waals surface area contributed by atoms with Crippen molar-refractivity contribution in [1.82, 2.24) is 9.79 Å². The number of aromatic nitrogens is 2. The first kappa shape index (κ1) is 5.22. The number of nitrogens with zero attached hydrogens (tertiary/aromatic N) is 2. The van der Waals surface area contributed by atoms with Gasteiger partial charge in [0.2, 0.25) is 5.55 Å². The highest BCUT2D eigenvalue weighted by molar-refractivity contribution is 5.41. The maximum atomic E-state index is 7.09. The Morgan fingerprint density at radius 3 is 3.20 bits per heavy atom. The molecule has 0 aromatic carbocycles. The Hall–Kier alpha value is -1.58. The fourth-order valence-electron chi connectivity index (χ4n) is 0.781. The summed E-state index contributed by atoms with van der Waals surface area (Å²) in [6.07, 6.45) is 1.62. The van der Waals surface area contributed by atoms with E-state index in [-0.39, 0.29) is 5.55 Å². The smallest absolute Gasteiger partial charge is 0.241 e. The molecule has 0 atom stereocenters. The molecule has 10 heavy (non-hydrogen) atoms. The molecule has 0 fully saturated rings. The lowest BCUT2D eigenvalue weighted by molar-refractivity contribution is 0.287. The summed E-state index contributed by atoms with van der Waals surface area (Å²) in [5.41, 5.74) is 0.965. The molecule has 0 aliphatic heterocycles. The third-order valence-corrected chi connectivity index (χ3v) is 1.23. The molecule has 0 unspecified atom stereocenters. The zero-order valence-corrected chi connectivity index (χ0v) is 5.11. The maximum absolute atomic E-state index is 7.09. The molecule has 2 aromatic heterocycles. The van der Waals surface area contributed by atoms with Crippen LogP contribution >= 0.6 is 0 Å². The van der Waals surface area contributed by atoms with Gasteiger partial charge in [0.15, 0.2) is 0 Å². The highest BCUT2D eigenvalue weighted by Gasteiger charge is 1.90. The van der Waals surface area contributed by atoms with E-state index in [1.54, 1.807) is 18.3 Å². The minimum atomic E-state index is 0.108. The van der Waals surface area contributed by atoms with E-state index in [0.717, 1.165) is 5.52 Å². The van der Waals surface area contributed by atoms with Gasteiger partial charge in [0.25, 0.3) is 0 Å². The summed E-state index contributed by atoms with van der Waals surface area (Å²) in [5.74, 6) is 0. The monoisotopic (exact) mass is 135 g/mol. The number of fused-ring (bicyclic) bond motifs is 1. The van der Waals surface area contributed by atoms with Crippen LogP contribution in [0.1, 0.15) is 0 Å². The van der Waals surface area contributed by atoms with Crippen molar-refractivity contribution >= 4 is 5.52 Å². The van der Waals surface area contributed by atoms with Crippen molar-refractivity contribution in [3.63, 3.8) is 0 Å². The summed E-state index contributed by atoms with van der Waals surface area (Å²) in [6, 6.07) is 5.17. The van der Waals surface area contributed by atoms with Gasteiger partial charge in [-0.3, -0.25) is 5.41 Å². The van der Waals surface area contributed by atoms with E-state index in [4.69, 9.17) is 9.93 Å². The third kappa shape index (κ3) is 0.621. The number of hydrogen-bond acceptors (Lipinski definition) is 3.